The number of hydrogen-bond acceptors (Lipinski definition) is 1. The monoisotopic (exact) mass is 350 g/mol. The Morgan fingerprint density at radius 1 is 1.17 bits per heavy atom. The first-order valence-electron chi connectivity index (χ1n) is 7.53. The van der Waals surface area contributed by atoms with Gasteiger partial charge < -0.3 is 10.6 Å². The van der Waals surface area contributed by atoms with E-state index in [0.717, 1.165) is 6.42 Å². The number of thiocarbonyl (C=S) groups is 1. The summed E-state index contributed by atoms with van der Waals surface area (Å²) in [7, 11) is 0. The van der Waals surface area contributed by atoms with E-state index in [1.54, 1.807) is 6.07 Å². The van der Waals surface area contributed by atoms with Gasteiger partial charge >= 0.3 is 0 Å². The summed E-state index contributed by atoms with van der Waals surface area (Å²) < 4.78 is 13.2. The van der Waals surface area contributed by atoms with Crippen molar-refractivity contribution in [2.75, 3.05) is 5.32 Å². The van der Waals surface area contributed by atoms with Crippen LogP contribution in [0, 0.1) is 11.7 Å². The Hall–Kier alpha value is -1.65. The van der Waals surface area contributed by atoms with Crippen LogP contribution in [0.3, 0.4) is 0 Å². The van der Waals surface area contributed by atoms with Crippen LogP contribution < -0.4 is 10.6 Å². The van der Waals surface area contributed by atoms with Gasteiger partial charge in [0.25, 0.3) is 0 Å². The molecule has 0 aliphatic carbocycles. The van der Waals surface area contributed by atoms with E-state index in [2.05, 4.69) is 36.6 Å². The minimum absolute atomic E-state index is 0.0691. The number of benzene rings is 2. The van der Waals surface area contributed by atoms with Crippen LogP contribution >= 0.6 is 23.8 Å². The van der Waals surface area contributed by atoms with Crippen LogP contribution in [0.5, 0.6) is 0 Å². The molecule has 0 saturated heterocycles. The lowest BCUT2D eigenvalue weighted by Gasteiger charge is -2.23. The zero-order chi connectivity index (χ0) is 16.8. The third-order valence-corrected chi connectivity index (χ3v) is 3.90. The summed E-state index contributed by atoms with van der Waals surface area (Å²) in [4.78, 5) is 0. The Bertz CT molecular complexity index is 661. The van der Waals surface area contributed by atoms with E-state index in [-0.39, 0.29) is 11.1 Å². The average Bonchev–Trinajstić information content (AvgIpc) is 2.51. The molecule has 0 aliphatic rings. The highest BCUT2D eigenvalue weighted by atomic mass is 35.5. The molecule has 5 heteroatoms. The van der Waals surface area contributed by atoms with Crippen molar-refractivity contribution in [3.8, 4) is 0 Å². The van der Waals surface area contributed by atoms with Crippen molar-refractivity contribution >= 4 is 34.6 Å². The Balaban J connectivity index is 2.06. The van der Waals surface area contributed by atoms with Gasteiger partial charge in [0.2, 0.25) is 0 Å². The van der Waals surface area contributed by atoms with Crippen LogP contribution in [-0.2, 0) is 0 Å². The largest absolute Gasteiger partial charge is 0.356 e. The molecular weight excluding hydrogens is 331 g/mol. The number of halogens is 2. The van der Waals surface area contributed by atoms with E-state index in [1.165, 1.54) is 17.7 Å². The van der Waals surface area contributed by atoms with Gasteiger partial charge in [0.05, 0.1) is 11.1 Å². The van der Waals surface area contributed by atoms with Crippen molar-refractivity contribution in [1.29, 1.82) is 0 Å². The molecule has 0 radical (unpaired) electrons. The highest BCUT2D eigenvalue weighted by molar-refractivity contribution is 7.80. The lowest BCUT2D eigenvalue weighted by molar-refractivity contribution is 0.481. The topological polar surface area (TPSA) is 24.1 Å². The van der Waals surface area contributed by atoms with Crippen molar-refractivity contribution in [3.05, 3.63) is 64.9 Å². The van der Waals surface area contributed by atoms with Crippen molar-refractivity contribution in [2.45, 2.75) is 26.3 Å². The van der Waals surface area contributed by atoms with Crippen LogP contribution in [0.2, 0.25) is 5.02 Å². The van der Waals surface area contributed by atoms with Crippen molar-refractivity contribution in [3.63, 3.8) is 0 Å². The molecule has 1 atom stereocenters. The summed E-state index contributed by atoms with van der Waals surface area (Å²) in [5, 5.41) is 6.94. The zero-order valence-corrected chi connectivity index (χ0v) is 14.7. The molecular formula is C18H20ClFN2S. The molecule has 2 rings (SSSR count). The first kappa shape index (κ1) is 17.7. The Morgan fingerprint density at radius 3 is 2.48 bits per heavy atom. The van der Waals surface area contributed by atoms with E-state index in [9.17, 15) is 4.39 Å². The third kappa shape index (κ3) is 5.48. The first-order chi connectivity index (χ1) is 11.0. The molecule has 0 unspecified atom stereocenters. The maximum atomic E-state index is 13.2. The number of rotatable bonds is 5. The van der Waals surface area contributed by atoms with E-state index < -0.39 is 5.82 Å². The fraction of sp³-hybridized carbons (Fsp3) is 0.278. The lowest BCUT2D eigenvalue weighted by Crippen LogP contribution is -2.33. The van der Waals surface area contributed by atoms with Gasteiger partial charge in [-0.25, -0.2) is 4.39 Å². The second-order valence-electron chi connectivity index (χ2n) is 5.82. The van der Waals surface area contributed by atoms with Crippen molar-refractivity contribution < 1.29 is 4.39 Å². The predicted molar refractivity (Wildman–Crippen MR) is 99.4 cm³/mol. The van der Waals surface area contributed by atoms with Crippen LogP contribution in [0.15, 0.2) is 48.5 Å². The Kier molecular flexibility index (Phi) is 6.37. The molecule has 0 saturated carbocycles. The smallest absolute Gasteiger partial charge is 0.171 e. The van der Waals surface area contributed by atoms with Crippen LogP contribution in [0.25, 0.3) is 0 Å². The molecule has 0 heterocycles. The van der Waals surface area contributed by atoms with Gasteiger partial charge in [0.1, 0.15) is 5.82 Å². The summed E-state index contributed by atoms with van der Waals surface area (Å²) >= 11 is 11.2. The van der Waals surface area contributed by atoms with Gasteiger partial charge in [-0.1, -0.05) is 55.8 Å². The van der Waals surface area contributed by atoms with Crippen molar-refractivity contribution in [1.82, 2.24) is 5.32 Å². The van der Waals surface area contributed by atoms with E-state index >= 15 is 0 Å². The number of anilines is 1. The minimum Gasteiger partial charge on any atom is -0.356 e. The molecule has 0 aliphatic heterocycles. The average molecular weight is 351 g/mol. The van der Waals surface area contributed by atoms with Gasteiger partial charge in [-0.15, -0.1) is 0 Å². The number of nitrogens with one attached hydrogen (secondary N) is 2. The second-order valence-corrected chi connectivity index (χ2v) is 6.64. The normalized spacial score (nSPS) is 12.0. The molecule has 0 amide bonds. The molecule has 122 valence electrons. The predicted octanol–water partition coefficient (Wildman–Crippen LogP) is 5.55. The molecule has 0 fully saturated rings. The molecule has 0 spiro atoms. The summed E-state index contributed by atoms with van der Waals surface area (Å²) in [5.74, 6) is 0.0776. The fourth-order valence-electron chi connectivity index (χ4n) is 2.33. The van der Waals surface area contributed by atoms with Gasteiger partial charge in [-0.3, -0.25) is 0 Å². The summed E-state index contributed by atoms with van der Waals surface area (Å²) in [6.45, 7) is 4.35. The summed E-state index contributed by atoms with van der Waals surface area (Å²) in [6, 6.07) is 14.7. The summed E-state index contributed by atoms with van der Waals surface area (Å²) in [6.07, 6.45) is 0.954. The van der Waals surface area contributed by atoms with Gasteiger partial charge in [0.15, 0.2) is 5.11 Å². The highest BCUT2D eigenvalue weighted by Crippen LogP contribution is 2.22. The Labute approximate surface area is 147 Å². The maximum absolute atomic E-state index is 13.2. The van der Waals surface area contributed by atoms with Gasteiger partial charge in [-0.2, -0.15) is 0 Å². The molecule has 23 heavy (non-hydrogen) atoms. The van der Waals surface area contributed by atoms with Crippen LogP contribution in [0.1, 0.15) is 31.9 Å². The zero-order valence-electron chi connectivity index (χ0n) is 13.1. The molecule has 0 bridgehead atoms. The molecule has 2 nitrogen and oxygen atoms in total. The fourth-order valence-corrected chi connectivity index (χ4v) is 2.78. The highest BCUT2D eigenvalue weighted by Gasteiger charge is 2.14. The first-order valence-corrected chi connectivity index (χ1v) is 8.32. The quantitative estimate of drug-likeness (QED) is 0.691. The lowest BCUT2D eigenvalue weighted by atomic mass is 9.97. The van der Waals surface area contributed by atoms with E-state index in [1.807, 2.05) is 18.2 Å². The van der Waals surface area contributed by atoms with E-state index in [4.69, 9.17) is 23.8 Å². The third-order valence-electron chi connectivity index (χ3n) is 3.39. The molecule has 0 aromatic heterocycles. The molecule has 2 N–H and O–H groups in total. The van der Waals surface area contributed by atoms with Gasteiger partial charge in [0, 0.05) is 5.69 Å². The SMILES string of the molecule is CC(C)C[C@H](NC(=S)Nc1ccc(F)c(Cl)c1)c1ccccc1. The van der Waals surface area contributed by atoms with Crippen molar-refractivity contribution in [2.24, 2.45) is 5.92 Å². The van der Waals surface area contributed by atoms with Crippen LogP contribution in [0.4, 0.5) is 10.1 Å². The Morgan fingerprint density at radius 2 is 1.87 bits per heavy atom. The maximum Gasteiger partial charge on any atom is 0.171 e. The number of hydrogen-bond donors (Lipinski definition) is 2. The summed E-state index contributed by atoms with van der Waals surface area (Å²) in [5.41, 5.74) is 1.84. The minimum atomic E-state index is -0.446. The standard InChI is InChI=1S/C18H20ClFN2S/c1-12(2)10-17(13-6-4-3-5-7-13)22-18(23)21-14-8-9-16(20)15(19)11-14/h3-9,11-12,17H,10H2,1-2H3,(H2,21,22,23)/t17-/m0/s1. The second kappa shape index (κ2) is 8.27. The molecule has 2 aromatic carbocycles. The molecule has 2 aromatic rings. The van der Waals surface area contributed by atoms with Crippen LogP contribution in [-0.4, -0.2) is 5.11 Å². The van der Waals surface area contributed by atoms with E-state index in [0.29, 0.717) is 16.7 Å². The van der Waals surface area contributed by atoms with Gasteiger partial charge in [-0.05, 0) is 48.3 Å².